The second-order valence-corrected chi connectivity index (χ2v) is 8.22. The van der Waals surface area contributed by atoms with Gasteiger partial charge in [-0.15, -0.1) is 24.0 Å². The number of aliphatic imine (C=N–C) groups is 1. The molecule has 5 nitrogen and oxygen atoms in total. The molecule has 0 spiro atoms. The average molecular weight is 526 g/mol. The smallest absolute Gasteiger partial charge is 0.193 e. The molecule has 27 heavy (non-hydrogen) atoms. The minimum absolute atomic E-state index is 0. The van der Waals surface area contributed by atoms with Gasteiger partial charge in [0.05, 0.1) is 5.75 Å². The van der Waals surface area contributed by atoms with E-state index in [0.29, 0.717) is 17.5 Å². The summed E-state index contributed by atoms with van der Waals surface area (Å²) in [5.41, 5.74) is 1.00. The Bertz CT molecular complexity index is 894. The Labute approximate surface area is 181 Å². The van der Waals surface area contributed by atoms with E-state index in [0.717, 1.165) is 11.6 Å². The average Bonchev–Trinajstić information content (AvgIpc) is 2.59. The standard InChI is InChI=1S/C18H21ClFN3O2S.HI/c1-21-18(23(2)13-14-6-5-7-15(19)12-14)22-10-11-26(24,25)17-9-4-3-8-16(17)20;/h3-9,12H,10-11,13H2,1-2H3,(H,21,22);1H. The van der Waals surface area contributed by atoms with Crippen LogP contribution in [0.15, 0.2) is 58.4 Å². The molecule has 0 saturated heterocycles. The molecule has 2 aromatic rings. The first-order chi connectivity index (χ1) is 12.3. The molecule has 0 aliphatic rings. The topological polar surface area (TPSA) is 61.8 Å². The third-order valence-corrected chi connectivity index (χ3v) is 5.69. The van der Waals surface area contributed by atoms with E-state index in [1.165, 1.54) is 18.2 Å². The number of guanidine groups is 1. The number of benzene rings is 2. The molecule has 0 bridgehead atoms. The lowest BCUT2D eigenvalue weighted by atomic mass is 10.2. The molecule has 0 aliphatic heterocycles. The van der Waals surface area contributed by atoms with Crippen molar-refractivity contribution in [3.05, 3.63) is 64.9 Å². The third kappa shape index (κ3) is 6.93. The normalized spacial score (nSPS) is 11.6. The van der Waals surface area contributed by atoms with Gasteiger partial charge in [0.25, 0.3) is 0 Å². The van der Waals surface area contributed by atoms with Crippen LogP contribution in [0.2, 0.25) is 5.02 Å². The molecular formula is C18H22ClFIN3O2S. The maximum atomic E-state index is 13.7. The van der Waals surface area contributed by atoms with Crippen LogP contribution in [0.1, 0.15) is 5.56 Å². The van der Waals surface area contributed by atoms with E-state index in [2.05, 4.69) is 10.3 Å². The van der Waals surface area contributed by atoms with Gasteiger partial charge in [0.15, 0.2) is 15.8 Å². The zero-order valence-corrected chi connectivity index (χ0v) is 18.9. The van der Waals surface area contributed by atoms with Gasteiger partial charge in [0.2, 0.25) is 0 Å². The van der Waals surface area contributed by atoms with Crippen molar-refractivity contribution in [1.29, 1.82) is 0 Å². The van der Waals surface area contributed by atoms with Gasteiger partial charge in [-0.1, -0.05) is 35.9 Å². The molecule has 0 heterocycles. The minimum Gasteiger partial charge on any atom is -0.355 e. The molecule has 2 aromatic carbocycles. The van der Waals surface area contributed by atoms with Crippen LogP contribution in [0, 0.1) is 5.82 Å². The number of sulfone groups is 1. The highest BCUT2D eigenvalue weighted by Crippen LogP contribution is 2.15. The lowest BCUT2D eigenvalue weighted by Gasteiger charge is -2.22. The molecular weight excluding hydrogens is 504 g/mol. The summed E-state index contributed by atoms with van der Waals surface area (Å²) in [6.07, 6.45) is 0. The minimum atomic E-state index is -3.71. The van der Waals surface area contributed by atoms with E-state index >= 15 is 0 Å². The Morgan fingerprint density at radius 1 is 1.22 bits per heavy atom. The number of nitrogens with zero attached hydrogens (tertiary/aromatic N) is 2. The molecule has 0 aliphatic carbocycles. The Morgan fingerprint density at radius 3 is 2.56 bits per heavy atom. The van der Waals surface area contributed by atoms with Crippen LogP contribution in [0.25, 0.3) is 0 Å². The summed E-state index contributed by atoms with van der Waals surface area (Å²) >= 11 is 5.98. The van der Waals surface area contributed by atoms with Gasteiger partial charge in [-0.25, -0.2) is 12.8 Å². The van der Waals surface area contributed by atoms with E-state index < -0.39 is 15.7 Å². The third-order valence-electron chi connectivity index (χ3n) is 3.71. The maximum absolute atomic E-state index is 13.7. The zero-order valence-electron chi connectivity index (χ0n) is 15.0. The van der Waals surface area contributed by atoms with Gasteiger partial charge in [0, 0.05) is 32.2 Å². The largest absolute Gasteiger partial charge is 0.355 e. The number of halogens is 3. The molecule has 1 N–H and O–H groups in total. The lowest BCUT2D eigenvalue weighted by Crippen LogP contribution is -2.40. The van der Waals surface area contributed by atoms with Crippen LogP contribution >= 0.6 is 35.6 Å². The summed E-state index contributed by atoms with van der Waals surface area (Å²) < 4.78 is 38.2. The monoisotopic (exact) mass is 525 g/mol. The summed E-state index contributed by atoms with van der Waals surface area (Å²) in [5, 5.41) is 3.64. The molecule has 0 atom stereocenters. The van der Waals surface area contributed by atoms with Gasteiger partial charge in [0.1, 0.15) is 10.7 Å². The van der Waals surface area contributed by atoms with Gasteiger partial charge in [-0.3, -0.25) is 4.99 Å². The van der Waals surface area contributed by atoms with E-state index in [4.69, 9.17) is 11.6 Å². The highest BCUT2D eigenvalue weighted by atomic mass is 127. The summed E-state index contributed by atoms with van der Waals surface area (Å²) in [7, 11) is -0.265. The second-order valence-electron chi connectivity index (χ2n) is 5.71. The highest BCUT2D eigenvalue weighted by molar-refractivity contribution is 14.0. The van der Waals surface area contributed by atoms with Crippen LogP contribution in [-0.2, 0) is 16.4 Å². The summed E-state index contributed by atoms with van der Waals surface area (Å²) in [5.74, 6) is -0.443. The summed E-state index contributed by atoms with van der Waals surface area (Å²) in [6, 6.07) is 12.8. The van der Waals surface area contributed by atoms with E-state index in [9.17, 15) is 12.8 Å². The van der Waals surface area contributed by atoms with Crippen molar-refractivity contribution in [2.24, 2.45) is 4.99 Å². The number of hydrogen-bond acceptors (Lipinski definition) is 3. The molecule has 0 aromatic heterocycles. The quantitative estimate of drug-likeness (QED) is 0.356. The maximum Gasteiger partial charge on any atom is 0.193 e. The Hall–Kier alpha value is -1.39. The Morgan fingerprint density at radius 2 is 1.93 bits per heavy atom. The SMILES string of the molecule is CN=C(NCCS(=O)(=O)c1ccccc1F)N(C)Cc1cccc(Cl)c1.I. The van der Waals surface area contributed by atoms with Crippen LogP contribution < -0.4 is 5.32 Å². The van der Waals surface area contributed by atoms with E-state index in [1.807, 2.05) is 30.1 Å². The molecule has 0 fully saturated rings. The van der Waals surface area contributed by atoms with E-state index in [-0.39, 0.29) is 41.2 Å². The summed E-state index contributed by atoms with van der Waals surface area (Å²) in [4.78, 5) is 5.71. The van der Waals surface area contributed by atoms with Gasteiger partial charge in [-0.2, -0.15) is 0 Å². The van der Waals surface area contributed by atoms with Crippen molar-refractivity contribution in [2.45, 2.75) is 11.4 Å². The fourth-order valence-corrected chi connectivity index (χ4v) is 3.93. The van der Waals surface area contributed by atoms with Crippen LogP contribution in [-0.4, -0.2) is 45.7 Å². The molecule has 9 heteroatoms. The fourth-order valence-electron chi connectivity index (χ4n) is 2.47. The predicted molar refractivity (Wildman–Crippen MR) is 118 cm³/mol. The van der Waals surface area contributed by atoms with Crippen molar-refractivity contribution < 1.29 is 12.8 Å². The first kappa shape index (κ1) is 23.6. The molecule has 148 valence electrons. The van der Waals surface area contributed by atoms with Gasteiger partial charge < -0.3 is 10.2 Å². The molecule has 0 unspecified atom stereocenters. The molecule has 2 rings (SSSR count). The van der Waals surface area contributed by atoms with Gasteiger partial charge in [-0.05, 0) is 29.8 Å². The molecule has 0 radical (unpaired) electrons. The fraction of sp³-hybridized carbons (Fsp3) is 0.278. The van der Waals surface area contributed by atoms with Crippen molar-refractivity contribution in [1.82, 2.24) is 10.2 Å². The van der Waals surface area contributed by atoms with Gasteiger partial charge >= 0.3 is 0 Å². The zero-order chi connectivity index (χ0) is 19.2. The number of nitrogens with one attached hydrogen (secondary N) is 1. The predicted octanol–water partition coefficient (Wildman–Crippen LogP) is 3.58. The van der Waals surface area contributed by atoms with Crippen LogP contribution in [0.4, 0.5) is 4.39 Å². The number of rotatable bonds is 6. The first-order valence-electron chi connectivity index (χ1n) is 7.97. The first-order valence-corrected chi connectivity index (χ1v) is 10.00. The van der Waals surface area contributed by atoms with Crippen molar-refractivity contribution in [3.8, 4) is 0 Å². The molecule has 0 saturated carbocycles. The van der Waals surface area contributed by atoms with Crippen LogP contribution in [0.3, 0.4) is 0 Å². The summed E-state index contributed by atoms with van der Waals surface area (Å²) in [6.45, 7) is 0.670. The Kier molecular flexibility index (Phi) is 9.48. The van der Waals surface area contributed by atoms with Crippen molar-refractivity contribution in [3.63, 3.8) is 0 Å². The Balaban J connectivity index is 0.00000364. The van der Waals surface area contributed by atoms with E-state index in [1.54, 1.807) is 13.1 Å². The van der Waals surface area contributed by atoms with Crippen molar-refractivity contribution >= 4 is 51.4 Å². The number of hydrogen-bond donors (Lipinski definition) is 1. The lowest BCUT2D eigenvalue weighted by molar-refractivity contribution is 0.478. The highest BCUT2D eigenvalue weighted by Gasteiger charge is 2.18. The second kappa shape index (κ2) is 10.8. The van der Waals surface area contributed by atoms with Crippen molar-refractivity contribution in [2.75, 3.05) is 26.4 Å². The van der Waals surface area contributed by atoms with Crippen LogP contribution in [0.5, 0.6) is 0 Å². The molecule has 0 amide bonds.